The Morgan fingerprint density at radius 1 is 1.14 bits per heavy atom. The number of nitrogens with one attached hydrogen (secondary N) is 2. The van der Waals surface area contributed by atoms with E-state index in [9.17, 15) is 0 Å². The average molecular weight is 293 g/mol. The Labute approximate surface area is 127 Å². The van der Waals surface area contributed by atoms with Crippen molar-refractivity contribution in [2.24, 2.45) is 11.8 Å². The Kier molecular flexibility index (Phi) is 5.59. The Morgan fingerprint density at radius 3 is 2.57 bits per heavy atom. The summed E-state index contributed by atoms with van der Waals surface area (Å²) in [6.45, 7) is 7.56. The summed E-state index contributed by atoms with van der Waals surface area (Å²) in [7, 11) is 1.58. The molecule has 0 aliphatic heterocycles. The Hall–Kier alpha value is -1.59. The molecule has 1 fully saturated rings. The fourth-order valence-electron chi connectivity index (χ4n) is 2.87. The van der Waals surface area contributed by atoms with Crippen LogP contribution in [0.1, 0.15) is 46.5 Å². The summed E-state index contributed by atoms with van der Waals surface area (Å²) < 4.78 is 5.17. The average Bonchev–Trinajstić information content (AvgIpc) is 2.48. The summed E-state index contributed by atoms with van der Waals surface area (Å²) in [5.74, 6) is 2.62. The monoisotopic (exact) mass is 293 g/mol. The van der Waals surface area contributed by atoms with E-state index in [0.717, 1.165) is 25.3 Å². The highest BCUT2D eigenvalue weighted by Gasteiger charge is 2.26. The number of hydrogen-bond acceptors (Lipinski definition) is 6. The second-order valence-corrected chi connectivity index (χ2v) is 6.04. The predicted octanol–water partition coefficient (Wildman–Crippen LogP) is 2.94. The number of ether oxygens (including phenoxy) is 1. The van der Waals surface area contributed by atoms with Gasteiger partial charge in [0.05, 0.1) is 7.11 Å². The predicted molar refractivity (Wildman–Crippen MR) is 84.7 cm³/mol. The lowest BCUT2D eigenvalue weighted by Crippen LogP contribution is -2.33. The minimum atomic E-state index is 0.350. The first-order valence-corrected chi connectivity index (χ1v) is 7.92. The van der Waals surface area contributed by atoms with E-state index in [1.54, 1.807) is 7.11 Å². The zero-order valence-corrected chi connectivity index (χ0v) is 13.5. The third-order valence-corrected chi connectivity index (χ3v) is 4.08. The minimum Gasteiger partial charge on any atom is -0.467 e. The van der Waals surface area contributed by atoms with Crippen molar-refractivity contribution >= 4 is 11.9 Å². The molecule has 1 aliphatic carbocycles. The van der Waals surface area contributed by atoms with Gasteiger partial charge in [-0.3, -0.25) is 0 Å². The van der Waals surface area contributed by atoms with E-state index in [1.165, 1.54) is 12.8 Å². The summed E-state index contributed by atoms with van der Waals surface area (Å²) in [4.78, 5) is 13.0. The molecule has 3 unspecified atom stereocenters. The lowest BCUT2D eigenvalue weighted by Gasteiger charge is -2.33. The third-order valence-electron chi connectivity index (χ3n) is 4.08. The second kappa shape index (κ2) is 7.43. The maximum absolute atomic E-state index is 5.17. The van der Waals surface area contributed by atoms with Gasteiger partial charge in [0.25, 0.3) is 0 Å². The molecule has 1 aromatic heterocycles. The maximum Gasteiger partial charge on any atom is 0.322 e. The van der Waals surface area contributed by atoms with Gasteiger partial charge in [-0.25, -0.2) is 0 Å². The van der Waals surface area contributed by atoms with Gasteiger partial charge < -0.3 is 15.4 Å². The van der Waals surface area contributed by atoms with Gasteiger partial charge in [0.1, 0.15) is 0 Å². The highest BCUT2D eigenvalue weighted by molar-refractivity contribution is 5.36. The van der Waals surface area contributed by atoms with E-state index in [4.69, 9.17) is 4.74 Å². The van der Waals surface area contributed by atoms with Gasteiger partial charge in [0, 0.05) is 12.6 Å². The first-order valence-electron chi connectivity index (χ1n) is 7.92. The molecule has 1 aromatic rings. The summed E-state index contributed by atoms with van der Waals surface area (Å²) in [6, 6.07) is 0.773. The largest absolute Gasteiger partial charge is 0.467 e. The summed E-state index contributed by atoms with van der Waals surface area (Å²) in [6.07, 6.45) is 4.69. The van der Waals surface area contributed by atoms with E-state index in [-0.39, 0.29) is 0 Å². The first-order chi connectivity index (χ1) is 10.1. The molecule has 2 rings (SSSR count). The lowest BCUT2D eigenvalue weighted by molar-refractivity contribution is 0.275. The fraction of sp³-hybridized carbons (Fsp3) is 0.800. The molecule has 0 amide bonds. The van der Waals surface area contributed by atoms with Gasteiger partial charge in [-0.2, -0.15) is 15.0 Å². The molecule has 6 nitrogen and oxygen atoms in total. The fourth-order valence-corrected chi connectivity index (χ4v) is 2.87. The zero-order valence-electron chi connectivity index (χ0n) is 13.5. The van der Waals surface area contributed by atoms with Crippen LogP contribution in [0, 0.1) is 11.8 Å². The molecule has 0 saturated heterocycles. The lowest BCUT2D eigenvalue weighted by atomic mass is 9.80. The number of aromatic nitrogens is 3. The first kappa shape index (κ1) is 15.8. The van der Waals surface area contributed by atoms with Gasteiger partial charge in [-0.15, -0.1) is 0 Å². The van der Waals surface area contributed by atoms with Crippen molar-refractivity contribution in [1.82, 2.24) is 15.0 Å². The van der Waals surface area contributed by atoms with E-state index < -0.39 is 0 Å². The van der Waals surface area contributed by atoms with Gasteiger partial charge >= 0.3 is 6.01 Å². The molecule has 3 atom stereocenters. The highest BCUT2D eigenvalue weighted by Crippen LogP contribution is 2.30. The Bertz CT molecular complexity index is 454. The van der Waals surface area contributed by atoms with Crippen LogP contribution in [0.4, 0.5) is 11.9 Å². The van der Waals surface area contributed by atoms with Crippen LogP contribution in [0.15, 0.2) is 0 Å². The van der Waals surface area contributed by atoms with E-state index in [1.807, 2.05) is 0 Å². The smallest absolute Gasteiger partial charge is 0.322 e. The normalized spacial score (nSPS) is 25.4. The van der Waals surface area contributed by atoms with Gasteiger partial charge in [-0.05, 0) is 37.5 Å². The van der Waals surface area contributed by atoms with Gasteiger partial charge in [-0.1, -0.05) is 20.8 Å². The van der Waals surface area contributed by atoms with Crippen molar-refractivity contribution in [2.45, 2.75) is 52.5 Å². The number of nitrogens with zero attached hydrogens (tertiary/aromatic N) is 3. The molecule has 1 heterocycles. The molecule has 118 valence electrons. The number of hydrogen-bond donors (Lipinski definition) is 2. The van der Waals surface area contributed by atoms with Crippen LogP contribution in [0.25, 0.3) is 0 Å². The molecule has 6 heteroatoms. The molecule has 0 spiro atoms. The Balaban J connectivity index is 2.07. The molecule has 0 radical (unpaired) electrons. The molecule has 21 heavy (non-hydrogen) atoms. The zero-order chi connectivity index (χ0) is 15.2. The number of rotatable bonds is 6. The molecule has 1 saturated carbocycles. The highest BCUT2D eigenvalue weighted by atomic mass is 16.5. The van der Waals surface area contributed by atoms with Crippen LogP contribution in [-0.4, -0.2) is 34.6 Å². The number of anilines is 2. The van der Waals surface area contributed by atoms with Crippen molar-refractivity contribution in [1.29, 1.82) is 0 Å². The van der Waals surface area contributed by atoms with E-state index >= 15 is 0 Å². The van der Waals surface area contributed by atoms with Crippen molar-refractivity contribution in [3.63, 3.8) is 0 Å². The summed E-state index contributed by atoms with van der Waals surface area (Å²) in [5.41, 5.74) is 0. The Morgan fingerprint density at radius 2 is 1.90 bits per heavy atom. The molecular formula is C15H27N5O. The van der Waals surface area contributed by atoms with Gasteiger partial charge in [0.2, 0.25) is 11.9 Å². The van der Waals surface area contributed by atoms with Gasteiger partial charge in [0.15, 0.2) is 0 Å². The topological polar surface area (TPSA) is 72.0 Å². The van der Waals surface area contributed by atoms with E-state index in [2.05, 4.69) is 46.4 Å². The number of methoxy groups -OCH3 is 1. The van der Waals surface area contributed by atoms with Crippen LogP contribution in [0.3, 0.4) is 0 Å². The van der Waals surface area contributed by atoms with Crippen molar-refractivity contribution in [3.05, 3.63) is 0 Å². The molecule has 0 bridgehead atoms. The molecule has 2 N–H and O–H groups in total. The standard InChI is InChI=1S/C15H27N5O/c1-5-8-16-13-18-14(20-15(19-13)21-4)17-12-7-6-10(2)9-11(12)3/h10-12H,5-9H2,1-4H3,(H2,16,17,18,19,20). The van der Waals surface area contributed by atoms with Crippen LogP contribution < -0.4 is 15.4 Å². The van der Waals surface area contributed by atoms with Crippen LogP contribution in [-0.2, 0) is 0 Å². The molecule has 1 aliphatic rings. The summed E-state index contributed by atoms with van der Waals surface area (Å²) in [5, 5.41) is 6.64. The third kappa shape index (κ3) is 4.44. The molecule has 0 aromatic carbocycles. The van der Waals surface area contributed by atoms with Crippen LogP contribution in [0.2, 0.25) is 0 Å². The van der Waals surface area contributed by atoms with Crippen LogP contribution >= 0.6 is 0 Å². The van der Waals surface area contributed by atoms with Crippen LogP contribution in [0.5, 0.6) is 6.01 Å². The summed E-state index contributed by atoms with van der Waals surface area (Å²) >= 11 is 0. The molecular weight excluding hydrogens is 266 g/mol. The van der Waals surface area contributed by atoms with Crippen molar-refractivity contribution < 1.29 is 4.74 Å². The van der Waals surface area contributed by atoms with Crippen molar-refractivity contribution in [3.8, 4) is 6.01 Å². The maximum atomic E-state index is 5.17. The quantitative estimate of drug-likeness (QED) is 0.840. The SMILES string of the molecule is CCCNc1nc(NC2CCC(C)CC2C)nc(OC)n1. The minimum absolute atomic E-state index is 0.350. The van der Waals surface area contributed by atoms with E-state index in [0.29, 0.717) is 29.9 Å². The second-order valence-electron chi connectivity index (χ2n) is 6.04. The van der Waals surface area contributed by atoms with Crippen molar-refractivity contribution in [2.75, 3.05) is 24.3 Å².